The van der Waals surface area contributed by atoms with Crippen LogP contribution in [-0.4, -0.2) is 61.2 Å². The number of esters is 1. The summed E-state index contributed by atoms with van der Waals surface area (Å²) >= 11 is 0. The number of likely N-dealkylation sites (tertiary alicyclic amines) is 1. The summed E-state index contributed by atoms with van der Waals surface area (Å²) in [5.74, 6) is 0.899. The molecule has 0 aliphatic carbocycles. The summed E-state index contributed by atoms with van der Waals surface area (Å²) in [7, 11) is 1.36. The molecular weight excluding hydrogens is 400 g/mol. The lowest BCUT2D eigenvalue weighted by Crippen LogP contribution is -2.42. The molecular formula is C23H32N2O6. The van der Waals surface area contributed by atoms with Gasteiger partial charge in [0.1, 0.15) is 17.5 Å². The van der Waals surface area contributed by atoms with Crippen molar-refractivity contribution in [1.82, 2.24) is 4.90 Å². The Morgan fingerprint density at radius 1 is 1.16 bits per heavy atom. The Hall–Kier alpha value is -2.77. The van der Waals surface area contributed by atoms with Gasteiger partial charge >= 0.3 is 12.1 Å². The molecule has 1 unspecified atom stereocenters. The van der Waals surface area contributed by atoms with E-state index >= 15 is 0 Å². The molecule has 1 aromatic rings. The second kappa shape index (κ2) is 10.0. The van der Waals surface area contributed by atoms with Crippen molar-refractivity contribution in [1.29, 1.82) is 0 Å². The molecule has 0 spiro atoms. The van der Waals surface area contributed by atoms with Crippen LogP contribution in [0.3, 0.4) is 0 Å². The molecule has 8 heteroatoms. The van der Waals surface area contributed by atoms with E-state index in [1.165, 1.54) is 7.11 Å². The number of piperidine rings is 1. The summed E-state index contributed by atoms with van der Waals surface area (Å²) in [4.78, 5) is 30.6. The first-order valence-corrected chi connectivity index (χ1v) is 10.7. The zero-order chi connectivity index (χ0) is 22.4. The fraction of sp³-hybridized carbons (Fsp3) is 0.609. The van der Waals surface area contributed by atoms with Gasteiger partial charge in [-0.15, -0.1) is 0 Å². The quantitative estimate of drug-likeness (QED) is 0.636. The van der Waals surface area contributed by atoms with Crippen molar-refractivity contribution in [2.24, 2.45) is 11.1 Å². The molecule has 1 amide bonds. The first-order valence-electron chi connectivity index (χ1n) is 10.7. The molecule has 0 saturated carbocycles. The van der Waals surface area contributed by atoms with E-state index in [0.29, 0.717) is 32.0 Å². The highest BCUT2D eigenvalue weighted by atomic mass is 16.6. The van der Waals surface area contributed by atoms with Crippen LogP contribution in [0.15, 0.2) is 29.4 Å². The van der Waals surface area contributed by atoms with Crippen LogP contribution >= 0.6 is 0 Å². The molecule has 170 valence electrons. The Kier molecular flexibility index (Phi) is 7.41. The van der Waals surface area contributed by atoms with Crippen molar-refractivity contribution in [2.75, 3.05) is 26.8 Å². The smallest absolute Gasteiger partial charge is 0.410 e. The molecule has 1 aromatic carbocycles. The van der Waals surface area contributed by atoms with E-state index in [0.717, 1.165) is 29.9 Å². The minimum absolute atomic E-state index is 0.192. The lowest BCUT2D eigenvalue weighted by atomic mass is 9.98. The lowest BCUT2D eigenvalue weighted by Gasteiger charge is -2.33. The average Bonchev–Trinajstić information content (AvgIpc) is 3.20. The second-order valence-electron chi connectivity index (χ2n) is 9.00. The highest BCUT2D eigenvalue weighted by Crippen LogP contribution is 2.24. The number of rotatable bonds is 6. The first-order chi connectivity index (χ1) is 14.7. The van der Waals surface area contributed by atoms with Crippen LogP contribution in [0, 0.1) is 5.92 Å². The molecule has 8 nitrogen and oxygen atoms in total. The van der Waals surface area contributed by atoms with Gasteiger partial charge in [0.25, 0.3) is 0 Å². The highest BCUT2D eigenvalue weighted by Gasteiger charge is 2.27. The number of carbonyl (C=O) groups excluding carboxylic acids is 2. The number of nitrogens with zero attached hydrogens (tertiary/aromatic N) is 2. The molecule has 0 bridgehead atoms. The van der Waals surface area contributed by atoms with E-state index in [-0.39, 0.29) is 24.6 Å². The average molecular weight is 433 g/mol. The van der Waals surface area contributed by atoms with E-state index < -0.39 is 5.60 Å². The number of oxime groups is 1. The number of ether oxygens (including phenoxy) is 3. The van der Waals surface area contributed by atoms with Crippen LogP contribution in [0.25, 0.3) is 0 Å². The molecule has 1 atom stereocenters. The van der Waals surface area contributed by atoms with Crippen molar-refractivity contribution in [3.05, 3.63) is 29.8 Å². The summed E-state index contributed by atoms with van der Waals surface area (Å²) < 4.78 is 16.1. The zero-order valence-electron chi connectivity index (χ0n) is 18.8. The van der Waals surface area contributed by atoms with E-state index in [1.54, 1.807) is 4.90 Å². The predicted molar refractivity (Wildman–Crippen MR) is 115 cm³/mol. The maximum Gasteiger partial charge on any atom is 0.410 e. The Morgan fingerprint density at radius 3 is 2.45 bits per heavy atom. The number of hydrogen-bond acceptors (Lipinski definition) is 7. The highest BCUT2D eigenvalue weighted by molar-refractivity contribution is 6.01. The topological polar surface area (TPSA) is 86.7 Å². The van der Waals surface area contributed by atoms with Crippen molar-refractivity contribution in [3.8, 4) is 5.75 Å². The van der Waals surface area contributed by atoms with Gasteiger partial charge in [-0.1, -0.05) is 5.16 Å². The number of hydrogen-bond donors (Lipinski definition) is 0. The Bertz CT molecular complexity index is 791. The molecule has 31 heavy (non-hydrogen) atoms. The maximum atomic E-state index is 12.2. The molecule has 0 aromatic heterocycles. The third-order valence-electron chi connectivity index (χ3n) is 5.29. The normalized spacial score (nSPS) is 19.4. The summed E-state index contributed by atoms with van der Waals surface area (Å²) in [6.45, 7) is 7.63. The van der Waals surface area contributed by atoms with Gasteiger partial charge in [-0.25, -0.2) is 4.79 Å². The van der Waals surface area contributed by atoms with Crippen LogP contribution in [0.2, 0.25) is 0 Å². The summed E-state index contributed by atoms with van der Waals surface area (Å²) in [6.07, 6.45) is 2.04. The van der Waals surface area contributed by atoms with Crippen LogP contribution in [-0.2, 0) is 19.1 Å². The molecule has 1 fully saturated rings. The minimum Gasteiger partial charge on any atom is -0.493 e. The monoisotopic (exact) mass is 432 g/mol. The van der Waals surface area contributed by atoms with Gasteiger partial charge in [-0.3, -0.25) is 4.79 Å². The predicted octanol–water partition coefficient (Wildman–Crippen LogP) is 3.77. The van der Waals surface area contributed by atoms with Gasteiger partial charge in [-0.2, -0.15) is 0 Å². The van der Waals surface area contributed by atoms with Gasteiger partial charge < -0.3 is 23.9 Å². The molecule has 2 aliphatic rings. The summed E-state index contributed by atoms with van der Waals surface area (Å²) in [6, 6.07) is 7.73. The van der Waals surface area contributed by atoms with Gasteiger partial charge in [-0.05, 0) is 69.4 Å². The molecule has 2 aliphatic heterocycles. The third kappa shape index (κ3) is 6.87. The largest absolute Gasteiger partial charge is 0.493 e. The van der Waals surface area contributed by atoms with E-state index in [1.807, 2.05) is 45.0 Å². The standard InChI is InChI=1S/C23H32N2O6/c1-23(2,3)30-22(27)25-11-9-16(10-12-25)15-29-18-7-5-17(6-8-18)20-13-19(31-24-20)14-21(26)28-4/h5-8,16,19H,9-15H2,1-4H3. The fourth-order valence-corrected chi connectivity index (χ4v) is 3.54. The van der Waals surface area contributed by atoms with E-state index in [2.05, 4.69) is 9.89 Å². The fourth-order valence-electron chi connectivity index (χ4n) is 3.54. The summed E-state index contributed by atoms with van der Waals surface area (Å²) in [5, 5.41) is 4.09. The molecule has 3 rings (SSSR count). The van der Waals surface area contributed by atoms with Crippen LogP contribution in [0.5, 0.6) is 5.75 Å². The van der Waals surface area contributed by atoms with Crippen molar-refractivity contribution in [2.45, 2.75) is 58.2 Å². The molecule has 0 N–H and O–H groups in total. The van der Waals surface area contributed by atoms with E-state index in [4.69, 9.17) is 14.3 Å². The van der Waals surface area contributed by atoms with Gasteiger partial charge in [0.15, 0.2) is 0 Å². The summed E-state index contributed by atoms with van der Waals surface area (Å²) in [5.41, 5.74) is 1.29. The van der Waals surface area contributed by atoms with Crippen molar-refractivity contribution in [3.63, 3.8) is 0 Å². The van der Waals surface area contributed by atoms with Gasteiger partial charge in [0.05, 0.1) is 25.8 Å². The minimum atomic E-state index is -0.471. The Balaban J connectivity index is 1.40. The Morgan fingerprint density at radius 2 is 1.84 bits per heavy atom. The molecule has 2 heterocycles. The number of amides is 1. The number of benzene rings is 1. The number of methoxy groups -OCH3 is 1. The molecule has 0 radical (unpaired) electrons. The third-order valence-corrected chi connectivity index (χ3v) is 5.29. The van der Waals surface area contributed by atoms with Crippen LogP contribution in [0.4, 0.5) is 4.79 Å². The maximum absolute atomic E-state index is 12.2. The van der Waals surface area contributed by atoms with Gasteiger partial charge in [0, 0.05) is 19.5 Å². The van der Waals surface area contributed by atoms with Gasteiger partial charge in [0.2, 0.25) is 0 Å². The van der Waals surface area contributed by atoms with Crippen LogP contribution in [0.1, 0.15) is 52.0 Å². The SMILES string of the molecule is COC(=O)CC1CC(c2ccc(OCC3CCN(C(=O)OC(C)(C)C)CC3)cc2)=NO1. The van der Waals surface area contributed by atoms with Crippen molar-refractivity contribution < 1.29 is 28.6 Å². The zero-order valence-corrected chi connectivity index (χ0v) is 18.8. The Labute approximate surface area is 183 Å². The lowest BCUT2D eigenvalue weighted by molar-refractivity contribution is -0.143. The van der Waals surface area contributed by atoms with Crippen LogP contribution < -0.4 is 4.74 Å². The first kappa shape index (κ1) is 22.9. The second-order valence-corrected chi connectivity index (χ2v) is 9.00. The van der Waals surface area contributed by atoms with Crippen molar-refractivity contribution >= 4 is 17.8 Å². The number of carbonyl (C=O) groups is 2. The van der Waals surface area contributed by atoms with E-state index in [9.17, 15) is 9.59 Å². The molecule has 1 saturated heterocycles.